The molecular formula is C13H13ClN2S. The van der Waals surface area contributed by atoms with Crippen LogP contribution in [0.15, 0.2) is 29.6 Å². The fourth-order valence-electron chi connectivity index (χ4n) is 2.23. The molecular weight excluding hydrogens is 252 g/mol. The lowest BCUT2D eigenvalue weighted by molar-refractivity contribution is 0.744. The van der Waals surface area contributed by atoms with Gasteiger partial charge in [0.2, 0.25) is 0 Å². The van der Waals surface area contributed by atoms with Gasteiger partial charge in [-0.25, -0.2) is 0 Å². The van der Waals surface area contributed by atoms with Crippen molar-refractivity contribution in [3.8, 4) is 0 Å². The first kappa shape index (κ1) is 10.9. The molecule has 88 valence electrons. The second kappa shape index (κ2) is 4.24. The van der Waals surface area contributed by atoms with Gasteiger partial charge in [-0.05, 0) is 41.6 Å². The Morgan fingerprint density at radius 1 is 1.29 bits per heavy atom. The Labute approximate surface area is 110 Å². The van der Waals surface area contributed by atoms with E-state index in [0.717, 1.165) is 30.2 Å². The first-order valence-corrected chi connectivity index (χ1v) is 6.85. The summed E-state index contributed by atoms with van der Waals surface area (Å²) in [6.45, 7) is 1.97. The Hall–Kier alpha value is -1.19. The quantitative estimate of drug-likeness (QED) is 0.799. The van der Waals surface area contributed by atoms with E-state index in [0.29, 0.717) is 5.69 Å². The van der Waals surface area contributed by atoms with Crippen molar-refractivity contribution in [2.45, 2.75) is 13.0 Å². The SMILES string of the molecule is Nc1ccc(N2CCc3sccc3C2)c(Cl)c1. The number of thiophene rings is 1. The molecule has 1 aliphatic heterocycles. The minimum absolute atomic E-state index is 0.715. The van der Waals surface area contributed by atoms with Gasteiger partial charge in [0.25, 0.3) is 0 Å². The van der Waals surface area contributed by atoms with Gasteiger partial charge in [-0.2, -0.15) is 0 Å². The Bertz CT molecular complexity index is 550. The Morgan fingerprint density at radius 3 is 3.00 bits per heavy atom. The van der Waals surface area contributed by atoms with E-state index in [9.17, 15) is 0 Å². The molecule has 0 amide bonds. The maximum atomic E-state index is 6.24. The van der Waals surface area contributed by atoms with Gasteiger partial charge in [0.1, 0.15) is 0 Å². The van der Waals surface area contributed by atoms with Crippen LogP contribution in [0, 0.1) is 0 Å². The zero-order valence-electron chi connectivity index (χ0n) is 9.32. The number of fused-ring (bicyclic) bond motifs is 1. The zero-order valence-corrected chi connectivity index (χ0v) is 10.9. The minimum atomic E-state index is 0.715. The molecule has 17 heavy (non-hydrogen) atoms. The van der Waals surface area contributed by atoms with Crippen LogP contribution < -0.4 is 10.6 Å². The number of rotatable bonds is 1. The summed E-state index contributed by atoms with van der Waals surface area (Å²) < 4.78 is 0. The van der Waals surface area contributed by atoms with Crippen LogP contribution in [0.4, 0.5) is 11.4 Å². The van der Waals surface area contributed by atoms with E-state index in [-0.39, 0.29) is 0 Å². The van der Waals surface area contributed by atoms with E-state index in [1.54, 1.807) is 0 Å². The molecule has 1 aromatic heterocycles. The molecule has 0 saturated heterocycles. The number of halogens is 1. The molecule has 1 aliphatic rings. The molecule has 0 atom stereocenters. The molecule has 0 saturated carbocycles. The Morgan fingerprint density at radius 2 is 2.18 bits per heavy atom. The summed E-state index contributed by atoms with van der Waals surface area (Å²) >= 11 is 8.09. The lowest BCUT2D eigenvalue weighted by Crippen LogP contribution is -2.29. The van der Waals surface area contributed by atoms with Gasteiger partial charge < -0.3 is 10.6 Å². The fraction of sp³-hybridized carbons (Fsp3) is 0.231. The maximum Gasteiger partial charge on any atom is 0.0660 e. The third-order valence-electron chi connectivity index (χ3n) is 3.12. The van der Waals surface area contributed by atoms with E-state index in [1.807, 2.05) is 29.5 Å². The topological polar surface area (TPSA) is 29.3 Å². The third-order valence-corrected chi connectivity index (χ3v) is 4.45. The van der Waals surface area contributed by atoms with Crippen molar-refractivity contribution in [2.24, 2.45) is 0 Å². The molecule has 0 unspecified atom stereocenters. The summed E-state index contributed by atoms with van der Waals surface area (Å²) in [5.74, 6) is 0. The standard InChI is InChI=1S/C13H13ClN2S/c14-11-7-10(15)1-2-12(11)16-5-3-13-9(8-16)4-6-17-13/h1-2,4,6-7H,3,5,8,15H2. The molecule has 0 radical (unpaired) electrons. The van der Waals surface area contributed by atoms with Crippen molar-refractivity contribution in [2.75, 3.05) is 17.2 Å². The summed E-state index contributed by atoms with van der Waals surface area (Å²) in [6.07, 6.45) is 1.10. The van der Waals surface area contributed by atoms with Crippen molar-refractivity contribution in [3.63, 3.8) is 0 Å². The van der Waals surface area contributed by atoms with Gasteiger partial charge in [-0.1, -0.05) is 11.6 Å². The van der Waals surface area contributed by atoms with E-state index in [1.165, 1.54) is 10.4 Å². The van der Waals surface area contributed by atoms with E-state index >= 15 is 0 Å². The van der Waals surface area contributed by atoms with Crippen LogP contribution in [-0.4, -0.2) is 6.54 Å². The van der Waals surface area contributed by atoms with Crippen molar-refractivity contribution in [1.82, 2.24) is 0 Å². The highest BCUT2D eigenvalue weighted by atomic mass is 35.5. The summed E-state index contributed by atoms with van der Waals surface area (Å²) in [4.78, 5) is 3.82. The predicted octanol–water partition coefficient (Wildman–Crippen LogP) is 3.55. The van der Waals surface area contributed by atoms with Crippen LogP contribution in [0.2, 0.25) is 5.02 Å². The fourth-order valence-corrected chi connectivity index (χ4v) is 3.43. The van der Waals surface area contributed by atoms with Gasteiger partial charge in [0.05, 0.1) is 10.7 Å². The number of hydrogen-bond acceptors (Lipinski definition) is 3. The third kappa shape index (κ3) is 2.01. The second-order valence-corrected chi connectivity index (χ2v) is 5.66. The van der Waals surface area contributed by atoms with Crippen LogP contribution in [0.3, 0.4) is 0 Å². The monoisotopic (exact) mass is 264 g/mol. The smallest absolute Gasteiger partial charge is 0.0660 e. The van der Waals surface area contributed by atoms with Crippen molar-refractivity contribution >= 4 is 34.3 Å². The zero-order chi connectivity index (χ0) is 11.8. The van der Waals surface area contributed by atoms with Crippen LogP contribution in [0.1, 0.15) is 10.4 Å². The predicted molar refractivity (Wildman–Crippen MR) is 74.9 cm³/mol. The lowest BCUT2D eigenvalue weighted by atomic mass is 10.1. The summed E-state index contributed by atoms with van der Waals surface area (Å²) in [6, 6.07) is 7.94. The molecule has 1 aromatic carbocycles. The molecule has 2 heterocycles. The molecule has 0 spiro atoms. The van der Waals surface area contributed by atoms with Crippen molar-refractivity contribution in [3.05, 3.63) is 45.1 Å². The Balaban J connectivity index is 1.91. The molecule has 2 N–H and O–H groups in total. The summed E-state index contributed by atoms with van der Waals surface area (Å²) in [5, 5.41) is 2.90. The first-order chi connectivity index (χ1) is 8.24. The average Bonchev–Trinajstić information content (AvgIpc) is 2.75. The van der Waals surface area contributed by atoms with E-state index in [2.05, 4.69) is 16.3 Å². The first-order valence-electron chi connectivity index (χ1n) is 5.59. The number of nitrogens with two attached hydrogens (primary N) is 1. The van der Waals surface area contributed by atoms with Crippen LogP contribution in [0.5, 0.6) is 0 Å². The molecule has 3 rings (SSSR count). The van der Waals surface area contributed by atoms with Gasteiger partial charge >= 0.3 is 0 Å². The molecule has 0 bridgehead atoms. The van der Waals surface area contributed by atoms with Crippen LogP contribution in [0.25, 0.3) is 0 Å². The van der Waals surface area contributed by atoms with Crippen LogP contribution >= 0.6 is 22.9 Å². The normalized spacial score (nSPS) is 14.8. The molecule has 4 heteroatoms. The average molecular weight is 265 g/mol. The van der Waals surface area contributed by atoms with Crippen molar-refractivity contribution < 1.29 is 0 Å². The number of nitrogens with zero attached hydrogens (tertiary/aromatic N) is 1. The van der Waals surface area contributed by atoms with Crippen molar-refractivity contribution in [1.29, 1.82) is 0 Å². The molecule has 0 fully saturated rings. The highest BCUT2D eigenvalue weighted by Crippen LogP contribution is 2.33. The second-order valence-electron chi connectivity index (χ2n) is 4.25. The number of nitrogen functional groups attached to an aromatic ring is 1. The number of hydrogen-bond donors (Lipinski definition) is 1. The molecule has 2 aromatic rings. The lowest BCUT2D eigenvalue weighted by Gasteiger charge is -2.29. The van der Waals surface area contributed by atoms with Gasteiger partial charge in [0.15, 0.2) is 0 Å². The number of anilines is 2. The molecule has 2 nitrogen and oxygen atoms in total. The molecule has 0 aliphatic carbocycles. The summed E-state index contributed by atoms with van der Waals surface area (Å²) in [5.41, 5.74) is 8.94. The highest BCUT2D eigenvalue weighted by molar-refractivity contribution is 7.10. The highest BCUT2D eigenvalue weighted by Gasteiger charge is 2.19. The van der Waals surface area contributed by atoms with Gasteiger partial charge in [-0.3, -0.25) is 0 Å². The minimum Gasteiger partial charge on any atom is -0.399 e. The van der Waals surface area contributed by atoms with Crippen LogP contribution in [-0.2, 0) is 13.0 Å². The largest absolute Gasteiger partial charge is 0.399 e. The summed E-state index contributed by atoms with van der Waals surface area (Å²) in [7, 11) is 0. The van der Waals surface area contributed by atoms with E-state index < -0.39 is 0 Å². The number of benzene rings is 1. The Kier molecular flexibility index (Phi) is 2.73. The maximum absolute atomic E-state index is 6.24. The van der Waals surface area contributed by atoms with E-state index in [4.69, 9.17) is 17.3 Å². The van der Waals surface area contributed by atoms with Gasteiger partial charge in [0, 0.05) is 23.7 Å². The van der Waals surface area contributed by atoms with Gasteiger partial charge in [-0.15, -0.1) is 11.3 Å².